The lowest BCUT2D eigenvalue weighted by Gasteiger charge is -2.26. The Morgan fingerprint density at radius 3 is 2.29 bits per heavy atom. The van der Waals surface area contributed by atoms with Crippen LogP contribution < -0.4 is 0 Å². The number of halogens is 1. The number of nitrogens with zero attached hydrogens (tertiary/aromatic N) is 1. The number of carboxylic acid groups (broad SMARTS) is 1. The molecule has 0 aromatic heterocycles. The third kappa shape index (κ3) is 3.95. The van der Waals surface area contributed by atoms with Gasteiger partial charge in [-0.25, -0.2) is 8.42 Å². The molecule has 128 valence electrons. The Bertz CT molecular complexity index is 834. The standard InChI is InChI=1S/C17H18ClNO4S/c1-12-7-9-15(10-8-12)24(22,23)19(13(2)17(20)21)11-14-5-3-4-6-16(14)18/h3-10,13H,11H2,1-2H3,(H,20,21). The fourth-order valence-corrected chi connectivity index (χ4v) is 3.96. The average molecular weight is 368 g/mol. The van der Waals surface area contributed by atoms with Crippen molar-refractivity contribution >= 4 is 27.6 Å². The third-order valence-corrected chi connectivity index (χ3v) is 6.00. The maximum Gasteiger partial charge on any atom is 0.321 e. The summed E-state index contributed by atoms with van der Waals surface area (Å²) in [6.07, 6.45) is 0. The van der Waals surface area contributed by atoms with Gasteiger partial charge >= 0.3 is 5.97 Å². The van der Waals surface area contributed by atoms with Gasteiger partial charge in [0.15, 0.2) is 0 Å². The Hall–Kier alpha value is -1.89. The number of carbonyl (C=O) groups is 1. The van der Waals surface area contributed by atoms with Crippen LogP contribution in [0.2, 0.25) is 5.02 Å². The molecular formula is C17H18ClNO4S. The topological polar surface area (TPSA) is 74.7 Å². The molecule has 0 saturated heterocycles. The van der Waals surface area contributed by atoms with Crippen molar-refractivity contribution < 1.29 is 18.3 Å². The van der Waals surface area contributed by atoms with Crippen molar-refractivity contribution in [3.63, 3.8) is 0 Å². The van der Waals surface area contributed by atoms with Gasteiger partial charge in [-0.1, -0.05) is 47.5 Å². The predicted octanol–water partition coefficient (Wildman–Crippen LogP) is 3.31. The van der Waals surface area contributed by atoms with Crippen LogP contribution in [0, 0.1) is 6.92 Å². The first-order valence-corrected chi connectivity index (χ1v) is 9.10. The summed E-state index contributed by atoms with van der Waals surface area (Å²) in [7, 11) is -3.98. The molecule has 7 heteroatoms. The first-order chi connectivity index (χ1) is 11.2. The van der Waals surface area contributed by atoms with Gasteiger partial charge in [0, 0.05) is 11.6 Å². The van der Waals surface area contributed by atoms with Crippen molar-refractivity contribution in [3.05, 3.63) is 64.7 Å². The number of hydrogen-bond acceptors (Lipinski definition) is 3. The van der Waals surface area contributed by atoms with Gasteiger partial charge in [-0.2, -0.15) is 4.31 Å². The van der Waals surface area contributed by atoms with Crippen LogP contribution in [-0.4, -0.2) is 29.8 Å². The van der Waals surface area contributed by atoms with Crippen molar-refractivity contribution in [1.29, 1.82) is 0 Å². The number of sulfonamides is 1. The highest BCUT2D eigenvalue weighted by Gasteiger charge is 2.33. The number of carboxylic acids is 1. The number of aryl methyl sites for hydroxylation is 1. The van der Waals surface area contributed by atoms with Gasteiger partial charge in [0.2, 0.25) is 10.0 Å². The molecule has 24 heavy (non-hydrogen) atoms. The van der Waals surface area contributed by atoms with Gasteiger partial charge < -0.3 is 5.11 Å². The number of benzene rings is 2. The summed E-state index contributed by atoms with van der Waals surface area (Å²) in [6, 6.07) is 11.8. The molecule has 0 aliphatic heterocycles. The fourth-order valence-electron chi connectivity index (χ4n) is 2.19. The SMILES string of the molecule is Cc1ccc(S(=O)(=O)N(Cc2ccccc2Cl)C(C)C(=O)O)cc1. The van der Waals surface area contributed by atoms with Gasteiger partial charge in [0.05, 0.1) is 4.90 Å². The highest BCUT2D eigenvalue weighted by molar-refractivity contribution is 7.89. The second kappa shape index (κ2) is 7.34. The molecule has 5 nitrogen and oxygen atoms in total. The molecule has 1 atom stereocenters. The molecule has 0 saturated carbocycles. The van der Waals surface area contributed by atoms with Crippen LogP contribution >= 0.6 is 11.6 Å². The number of hydrogen-bond donors (Lipinski definition) is 1. The minimum Gasteiger partial charge on any atom is -0.480 e. The Kier molecular flexibility index (Phi) is 5.64. The smallest absolute Gasteiger partial charge is 0.321 e. The summed E-state index contributed by atoms with van der Waals surface area (Å²) < 4.78 is 26.8. The van der Waals surface area contributed by atoms with Crippen LogP contribution in [0.3, 0.4) is 0 Å². The predicted molar refractivity (Wildman–Crippen MR) is 92.5 cm³/mol. The van der Waals surface area contributed by atoms with Gasteiger partial charge in [-0.05, 0) is 37.6 Å². The highest BCUT2D eigenvalue weighted by Crippen LogP contribution is 2.24. The average Bonchev–Trinajstić information content (AvgIpc) is 2.53. The molecule has 0 bridgehead atoms. The van der Waals surface area contributed by atoms with E-state index in [0.717, 1.165) is 9.87 Å². The second-order valence-corrected chi connectivity index (χ2v) is 7.77. The first-order valence-electron chi connectivity index (χ1n) is 7.28. The van der Waals surface area contributed by atoms with E-state index < -0.39 is 22.0 Å². The van der Waals surface area contributed by atoms with E-state index in [0.29, 0.717) is 10.6 Å². The van der Waals surface area contributed by atoms with Crippen LogP contribution in [0.4, 0.5) is 0 Å². The Morgan fingerprint density at radius 2 is 1.75 bits per heavy atom. The van der Waals surface area contributed by atoms with Gasteiger partial charge in [-0.15, -0.1) is 0 Å². The Labute approximate surface area is 146 Å². The zero-order chi connectivity index (χ0) is 17.9. The van der Waals surface area contributed by atoms with Crippen molar-refractivity contribution in [1.82, 2.24) is 4.31 Å². The first kappa shape index (κ1) is 18.4. The largest absolute Gasteiger partial charge is 0.480 e. The van der Waals surface area contributed by atoms with Gasteiger partial charge in [0.25, 0.3) is 0 Å². The van der Waals surface area contributed by atoms with E-state index in [1.54, 1.807) is 36.4 Å². The molecule has 1 N–H and O–H groups in total. The zero-order valence-electron chi connectivity index (χ0n) is 13.3. The van der Waals surface area contributed by atoms with Crippen LogP contribution in [-0.2, 0) is 21.4 Å². The summed E-state index contributed by atoms with van der Waals surface area (Å²) in [5, 5.41) is 9.70. The lowest BCUT2D eigenvalue weighted by Crippen LogP contribution is -2.42. The summed E-state index contributed by atoms with van der Waals surface area (Å²) in [5.74, 6) is -1.22. The molecule has 0 radical (unpaired) electrons. The van der Waals surface area contributed by atoms with Gasteiger partial charge in [-0.3, -0.25) is 4.79 Å². The second-order valence-electron chi connectivity index (χ2n) is 5.47. The molecule has 2 aromatic rings. The van der Waals surface area contributed by atoms with E-state index in [4.69, 9.17) is 11.6 Å². The quantitative estimate of drug-likeness (QED) is 0.849. The minimum atomic E-state index is -3.98. The molecule has 0 spiro atoms. The maximum atomic E-state index is 12.9. The molecule has 0 aliphatic carbocycles. The van der Waals surface area contributed by atoms with Crippen LogP contribution in [0.1, 0.15) is 18.1 Å². The molecule has 0 fully saturated rings. The monoisotopic (exact) mass is 367 g/mol. The van der Waals surface area contributed by atoms with Crippen molar-refractivity contribution in [3.8, 4) is 0 Å². The van der Waals surface area contributed by atoms with E-state index in [1.165, 1.54) is 19.1 Å². The van der Waals surface area contributed by atoms with E-state index in [1.807, 2.05) is 6.92 Å². The van der Waals surface area contributed by atoms with Crippen molar-refractivity contribution in [2.75, 3.05) is 0 Å². The number of rotatable bonds is 6. The molecule has 0 aliphatic rings. The van der Waals surface area contributed by atoms with E-state index in [-0.39, 0.29) is 11.4 Å². The summed E-state index contributed by atoms with van der Waals surface area (Å²) >= 11 is 6.10. The van der Waals surface area contributed by atoms with Crippen LogP contribution in [0.15, 0.2) is 53.4 Å². The summed E-state index contributed by atoms with van der Waals surface area (Å²) in [5.41, 5.74) is 1.46. The summed E-state index contributed by atoms with van der Waals surface area (Å²) in [6.45, 7) is 3.06. The van der Waals surface area contributed by atoms with Gasteiger partial charge in [0.1, 0.15) is 6.04 Å². The lowest BCUT2D eigenvalue weighted by molar-refractivity contribution is -0.141. The molecule has 2 rings (SSSR count). The normalized spacial score (nSPS) is 13.0. The lowest BCUT2D eigenvalue weighted by atomic mass is 10.2. The minimum absolute atomic E-state index is 0.0493. The number of aliphatic carboxylic acids is 1. The van der Waals surface area contributed by atoms with Crippen molar-refractivity contribution in [2.45, 2.75) is 31.3 Å². The van der Waals surface area contributed by atoms with Crippen LogP contribution in [0.5, 0.6) is 0 Å². The Balaban J connectivity index is 2.48. The molecule has 2 aromatic carbocycles. The molecule has 1 unspecified atom stereocenters. The Morgan fingerprint density at radius 1 is 1.17 bits per heavy atom. The fraction of sp³-hybridized carbons (Fsp3) is 0.235. The maximum absolute atomic E-state index is 12.9. The molecule has 0 amide bonds. The van der Waals surface area contributed by atoms with Crippen molar-refractivity contribution in [2.24, 2.45) is 0 Å². The van der Waals surface area contributed by atoms with E-state index in [2.05, 4.69) is 0 Å². The summed E-state index contributed by atoms with van der Waals surface area (Å²) in [4.78, 5) is 11.5. The zero-order valence-corrected chi connectivity index (χ0v) is 14.9. The van der Waals surface area contributed by atoms with E-state index >= 15 is 0 Å². The molecule has 0 heterocycles. The highest BCUT2D eigenvalue weighted by atomic mass is 35.5. The van der Waals surface area contributed by atoms with Crippen LogP contribution in [0.25, 0.3) is 0 Å². The van der Waals surface area contributed by atoms with E-state index in [9.17, 15) is 18.3 Å². The molecular weight excluding hydrogens is 350 g/mol. The third-order valence-electron chi connectivity index (χ3n) is 3.70.